The summed E-state index contributed by atoms with van der Waals surface area (Å²) in [7, 11) is 1.24. The summed E-state index contributed by atoms with van der Waals surface area (Å²) in [5.41, 5.74) is 1.28. The Morgan fingerprint density at radius 1 is 1.19 bits per heavy atom. The average Bonchev–Trinajstić information content (AvgIpc) is 3.01. The summed E-state index contributed by atoms with van der Waals surface area (Å²) in [4.78, 5) is 16.3. The first-order valence-corrected chi connectivity index (χ1v) is 8.12. The van der Waals surface area contributed by atoms with E-state index in [-0.39, 0.29) is 12.1 Å². The maximum absolute atomic E-state index is 12.8. The largest absolute Gasteiger partial charge is 0.465 e. The number of fused-ring (bicyclic) bond motifs is 1. The molecule has 0 aliphatic heterocycles. The van der Waals surface area contributed by atoms with E-state index in [0.29, 0.717) is 28.6 Å². The predicted octanol–water partition coefficient (Wildman–Crippen LogP) is 4.40. The molecule has 1 aromatic carbocycles. The SMILES string of the molecule is COC(=O)c1cn(CCF)c2nccc(Cc3ccc(C(F)(F)F)cc3)c12. The average molecular weight is 380 g/mol. The van der Waals surface area contributed by atoms with Crippen molar-refractivity contribution in [2.24, 2.45) is 0 Å². The Hall–Kier alpha value is -2.90. The summed E-state index contributed by atoms with van der Waals surface area (Å²) in [6, 6.07) is 6.51. The zero-order chi connectivity index (χ0) is 19.6. The highest BCUT2D eigenvalue weighted by Gasteiger charge is 2.30. The highest BCUT2D eigenvalue weighted by atomic mass is 19.4. The third kappa shape index (κ3) is 3.79. The van der Waals surface area contributed by atoms with Crippen LogP contribution in [0.4, 0.5) is 17.6 Å². The smallest absolute Gasteiger partial charge is 0.416 e. The molecule has 0 radical (unpaired) electrons. The van der Waals surface area contributed by atoms with Crippen molar-refractivity contribution >= 4 is 17.0 Å². The van der Waals surface area contributed by atoms with Crippen LogP contribution >= 0.6 is 0 Å². The molecule has 0 saturated carbocycles. The molecule has 3 rings (SSSR count). The second-order valence-corrected chi connectivity index (χ2v) is 5.96. The number of carbonyl (C=O) groups is 1. The number of methoxy groups -OCH3 is 1. The van der Waals surface area contributed by atoms with Crippen LogP contribution in [0.3, 0.4) is 0 Å². The van der Waals surface area contributed by atoms with E-state index in [2.05, 4.69) is 4.98 Å². The molecule has 0 N–H and O–H groups in total. The predicted molar refractivity (Wildman–Crippen MR) is 91.3 cm³/mol. The molecular weight excluding hydrogens is 364 g/mol. The number of ether oxygens (including phenoxy) is 1. The molecule has 142 valence electrons. The van der Waals surface area contributed by atoms with Gasteiger partial charge in [0.15, 0.2) is 0 Å². The van der Waals surface area contributed by atoms with Gasteiger partial charge in [0.1, 0.15) is 12.3 Å². The van der Waals surface area contributed by atoms with E-state index in [1.54, 1.807) is 6.07 Å². The van der Waals surface area contributed by atoms with Crippen molar-refractivity contribution in [3.8, 4) is 0 Å². The lowest BCUT2D eigenvalue weighted by Crippen LogP contribution is -2.05. The fraction of sp³-hybridized carbons (Fsp3) is 0.263. The van der Waals surface area contributed by atoms with Gasteiger partial charge in [0.2, 0.25) is 0 Å². The minimum Gasteiger partial charge on any atom is -0.465 e. The number of halogens is 4. The first-order valence-electron chi connectivity index (χ1n) is 8.12. The first kappa shape index (κ1) is 18.9. The Morgan fingerprint density at radius 2 is 1.89 bits per heavy atom. The molecule has 3 aromatic rings. The number of esters is 1. The molecule has 2 aromatic heterocycles. The van der Waals surface area contributed by atoms with Gasteiger partial charge in [-0.3, -0.25) is 0 Å². The van der Waals surface area contributed by atoms with Crippen molar-refractivity contribution in [3.05, 3.63) is 65.0 Å². The molecule has 0 atom stereocenters. The standard InChI is InChI=1S/C19H16F4N2O2/c1-27-18(26)15-11-25(9-7-20)17-16(15)13(6-8-24-17)10-12-2-4-14(5-3-12)19(21,22)23/h2-6,8,11H,7,9-10H2,1H3. The highest BCUT2D eigenvalue weighted by Crippen LogP contribution is 2.30. The third-order valence-electron chi connectivity index (χ3n) is 4.25. The zero-order valence-electron chi connectivity index (χ0n) is 14.4. The van der Waals surface area contributed by atoms with E-state index >= 15 is 0 Å². The zero-order valence-corrected chi connectivity index (χ0v) is 14.4. The Kier molecular flexibility index (Phi) is 5.16. The lowest BCUT2D eigenvalue weighted by atomic mass is 10.00. The molecule has 27 heavy (non-hydrogen) atoms. The molecule has 8 heteroatoms. The molecule has 2 heterocycles. The van der Waals surface area contributed by atoms with Crippen molar-refractivity contribution < 1.29 is 27.1 Å². The minimum atomic E-state index is -4.40. The van der Waals surface area contributed by atoms with Crippen LogP contribution in [-0.2, 0) is 23.9 Å². The molecule has 0 bridgehead atoms. The van der Waals surface area contributed by atoms with Crippen LogP contribution in [0.25, 0.3) is 11.0 Å². The monoisotopic (exact) mass is 380 g/mol. The summed E-state index contributed by atoms with van der Waals surface area (Å²) < 4.78 is 57.3. The van der Waals surface area contributed by atoms with E-state index in [9.17, 15) is 22.4 Å². The Bertz CT molecular complexity index is 962. The molecule has 0 amide bonds. The van der Waals surface area contributed by atoms with Gasteiger partial charge in [0, 0.05) is 17.8 Å². The number of aromatic nitrogens is 2. The Balaban J connectivity index is 2.05. The number of rotatable bonds is 5. The van der Waals surface area contributed by atoms with E-state index < -0.39 is 24.4 Å². The number of alkyl halides is 4. The summed E-state index contributed by atoms with van der Waals surface area (Å²) >= 11 is 0. The molecule has 0 fully saturated rings. The normalized spacial score (nSPS) is 11.7. The Morgan fingerprint density at radius 3 is 2.48 bits per heavy atom. The van der Waals surface area contributed by atoms with Gasteiger partial charge in [-0.25, -0.2) is 14.2 Å². The van der Waals surface area contributed by atoms with Crippen LogP contribution < -0.4 is 0 Å². The van der Waals surface area contributed by atoms with E-state index in [1.807, 2.05) is 0 Å². The number of pyridine rings is 1. The fourth-order valence-electron chi connectivity index (χ4n) is 2.99. The van der Waals surface area contributed by atoms with Crippen LogP contribution in [0, 0.1) is 0 Å². The second-order valence-electron chi connectivity index (χ2n) is 5.96. The topological polar surface area (TPSA) is 44.1 Å². The van der Waals surface area contributed by atoms with Crippen molar-refractivity contribution in [1.29, 1.82) is 0 Å². The molecule has 0 saturated heterocycles. The molecule has 0 aliphatic carbocycles. The molecule has 0 aliphatic rings. The van der Waals surface area contributed by atoms with Gasteiger partial charge in [0.25, 0.3) is 0 Å². The van der Waals surface area contributed by atoms with Crippen LogP contribution in [0.5, 0.6) is 0 Å². The summed E-state index contributed by atoms with van der Waals surface area (Å²) in [5.74, 6) is -0.584. The number of aryl methyl sites for hydroxylation is 1. The van der Waals surface area contributed by atoms with E-state index in [4.69, 9.17) is 4.74 Å². The van der Waals surface area contributed by atoms with Crippen molar-refractivity contribution in [2.45, 2.75) is 19.1 Å². The van der Waals surface area contributed by atoms with E-state index in [0.717, 1.165) is 12.1 Å². The van der Waals surface area contributed by atoms with Gasteiger partial charge in [0.05, 0.1) is 24.8 Å². The van der Waals surface area contributed by atoms with Gasteiger partial charge in [-0.15, -0.1) is 0 Å². The van der Waals surface area contributed by atoms with Crippen LogP contribution in [0.15, 0.2) is 42.7 Å². The van der Waals surface area contributed by atoms with Gasteiger partial charge in [-0.2, -0.15) is 13.2 Å². The lowest BCUT2D eigenvalue weighted by molar-refractivity contribution is -0.137. The first-order chi connectivity index (χ1) is 12.8. The quantitative estimate of drug-likeness (QED) is 0.487. The Labute approximate surface area is 152 Å². The van der Waals surface area contributed by atoms with Crippen LogP contribution in [0.2, 0.25) is 0 Å². The van der Waals surface area contributed by atoms with Gasteiger partial charge < -0.3 is 9.30 Å². The van der Waals surface area contributed by atoms with Crippen LogP contribution in [0.1, 0.15) is 27.0 Å². The number of hydrogen-bond donors (Lipinski definition) is 0. The maximum Gasteiger partial charge on any atom is 0.416 e. The lowest BCUT2D eigenvalue weighted by Gasteiger charge is -2.09. The fourth-order valence-corrected chi connectivity index (χ4v) is 2.99. The van der Waals surface area contributed by atoms with Gasteiger partial charge >= 0.3 is 12.1 Å². The van der Waals surface area contributed by atoms with Crippen molar-refractivity contribution in [2.75, 3.05) is 13.8 Å². The second kappa shape index (κ2) is 7.38. The maximum atomic E-state index is 12.8. The third-order valence-corrected chi connectivity index (χ3v) is 4.25. The minimum absolute atomic E-state index is 0.0320. The number of carbonyl (C=O) groups excluding carboxylic acids is 1. The van der Waals surface area contributed by atoms with E-state index in [1.165, 1.54) is 36.2 Å². The molecule has 0 unspecified atom stereocenters. The summed E-state index contributed by atoms with van der Waals surface area (Å²) in [6.45, 7) is -0.598. The van der Waals surface area contributed by atoms with Gasteiger partial charge in [-0.1, -0.05) is 12.1 Å². The van der Waals surface area contributed by atoms with Crippen molar-refractivity contribution in [3.63, 3.8) is 0 Å². The number of nitrogens with zero attached hydrogens (tertiary/aromatic N) is 2. The molecule has 4 nitrogen and oxygen atoms in total. The number of hydrogen-bond acceptors (Lipinski definition) is 3. The van der Waals surface area contributed by atoms with Crippen LogP contribution in [-0.4, -0.2) is 29.3 Å². The number of benzene rings is 1. The molecular formula is C19H16F4N2O2. The summed E-state index contributed by atoms with van der Waals surface area (Å²) in [6.07, 6.45) is -1.10. The summed E-state index contributed by atoms with van der Waals surface area (Å²) in [5, 5.41) is 0.512. The van der Waals surface area contributed by atoms with Gasteiger partial charge in [-0.05, 0) is 35.7 Å². The molecule has 0 spiro atoms. The van der Waals surface area contributed by atoms with Crippen molar-refractivity contribution in [1.82, 2.24) is 9.55 Å². The highest BCUT2D eigenvalue weighted by molar-refractivity contribution is 6.04.